The lowest BCUT2D eigenvalue weighted by Crippen LogP contribution is -2.54. The zero-order valence-electron chi connectivity index (χ0n) is 20.1. The van der Waals surface area contributed by atoms with Crippen LogP contribution in [0.25, 0.3) is 5.57 Å². The summed E-state index contributed by atoms with van der Waals surface area (Å²) < 4.78 is 69.6. The molecule has 1 aliphatic carbocycles. The zero-order chi connectivity index (χ0) is 27.5. The van der Waals surface area contributed by atoms with Crippen molar-refractivity contribution in [2.24, 2.45) is 0 Å². The molecule has 1 unspecified atom stereocenters. The Bertz CT molecular complexity index is 1280. The molecule has 38 heavy (non-hydrogen) atoms. The summed E-state index contributed by atoms with van der Waals surface area (Å²) in [6.45, 7) is -0.544. The Hall–Kier alpha value is -4.02. The lowest BCUT2D eigenvalue weighted by atomic mass is 9.89. The van der Waals surface area contributed by atoms with Crippen LogP contribution in [0, 0.1) is 0 Å². The monoisotopic (exact) mass is 533 g/mol. The lowest BCUT2D eigenvalue weighted by molar-refractivity contribution is -0.138. The summed E-state index contributed by atoms with van der Waals surface area (Å²) in [5, 5.41) is 2.20. The van der Waals surface area contributed by atoms with Gasteiger partial charge in [-0.05, 0) is 23.8 Å². The number of alkyl halides is 4. The number of nitrogens with zero attached hydrogens (tertiary/aromatic N) is 2. The number of hydrogen-bond donors (Lipinski definition) is 1. The van der Waals surface area contributed by atoms with Gasteiger partial charge >= 0.3 is 6.18 Å². The summed E-state index contributed by atoms with van der Waals surface area (Å²) in [6.07, 6.45) is -3.34. The molecule has 2 aromatic rings. The van der Waals surface area contributed by atoms with Crippen LogP contribution in [0.3, 0.4) is 0 Å². The second-order valence-corrected chi connectivity index (χ2v) is 8.96. The summed E-state index contributed by atoms with van der Waals surface area (Å²) in [4.78, 5) is 40.2. The van der Waals surface area contributed by atoms with Crippen LogP contribution in [0.15, 0.2) is 72.6 Å². The van der Waals surface area contributed by atoms with E-state index in [9.17, 15) is 31.9 Å². The first-order chi connectivity index (χ1) is 18.0. The third kappa shape index (κ3) is 5.76. The number of rotatable bonds is 5. The number of piperazine rings is 1. The predicted molar refractivity (Wildman–Crippen MR) is 129 cm³/mol. The Labute approximate surface area is 215 Å². The first kappa shape index (κ1) is 27.0. The number of hydrogen-bond acceptors (Lipinski definition) is 3. The van der Waals surface area contributed by atoms with Gasteiger partial charge in [0.1, 0.15) is 5.83 Å². The van der Waals surface area contributed by atoms with Gasteiger partial charge in [-0.15, -0.1) is 0 Å². The maximum Gasteiger partial charge on any atom is 0.417 e. The van der Waals surface area contributed by atoms with Crippen LogP contribution in [0.5, 0.6) is 0 Å². The molecule has 1 heterocycles. The van der Waals surface area contributed by atoms with Crippen LogP contribution >= 0.6 is 0 Å². The van der Waals surface area contributed by atoms with E-state index in [4.69, 9.17) is 0 Å². The Morgan fingerprint density at radius 1 is 0.895 bits per heavy atom. The van der Waals surface area contributed by atoms with Gasteiger partial charge in [0.2, 0.25) is 11.6 Å². The normalized spacial score (nSPS) is 19.9. The van der Waals surface area contributed by atoms with E-state index in [0.29, 0.717) is 5.56 Å². The highest BCUT2D eigenvalue weighted by Crippen LogP contribution is 2.36. The van der Waals surface area contributed by atoms with Crippen molar-refractivity contribution in [2.75, 3.05) is 32.7 Å². The van der Waals surface area contributed by atoms with E-state index in [1.54, 1.807) is 30.3 Å². The molecule has 1 N–H and O–H groups in total. The molecule has 0 bridgehead atoms. The number of nitrogens with one attached hydrogen (secondary N) is 1. The summed E-state index contributed by atoms with van der Waals surface area (Å²) in [6, 6.07) is 13.0. The number of benzene rings is 2. The van der Waals surface area contributed by atoms with E-state index in [2.05, 4.69) is 5.32 Å². The van der Waals surface area contributed by atoms with Crippen molar-refractivity contribution in [3.05, 3.63) is 89.3 Å². The van der Waals surface area contributed by atoms with Crippen molar-refractivity contribution in [2.45, 2.75) is 18.3 Å². The highest BCUT2D eigenvalue weighted by Gasteiger charge is 2.41. The Morgan fingerprint density at radius 2 is 1.50 bits per heavy atom. The Kier molecular flexibility index (Phi) is 7.66. The molecule has 1 fully saturated rings. The van der Waals surface area contributed by atoms with Crippen molar-refractivity contribution in [3.8, 4) is 0 Å². The minimum absolute atomic E-state index is 0.0151. The molecule has 3 amide bonds. The van der Waals surface area contributed by atoms with Gasteiger partial charge in [-0.1, -0.05) is 48.5 Å². The summed E-state index contributed by atoms with van der Waals surface area (Å²) >= 11 is 0. The van der Waals surface area contributed by atoms with Crippen molar-refractivity contribution < 1.29 is 36.3 Å². The van der Waals surface area contributed by atoms with Gasteiger partial charge in [0, 0.05) is 38.2 Å². The first-order valence-corrected chi connectivity index (χ1v) is 11.8. The molecule has 200 valence electrons. The molecule has 0 radical (unpaired) electrons. The minimum atomic E-state index is -4.69. The van der Waals surface area contributed by atoms with E-state index in [0.717, 1.165) is 18.2 Å². The number of allylic oxidation sites excluding steroid dienone is 3. The minimum Gasteiger partial charge on any atom is -0.344 e. The van der Waals surface area contributed by atoms with E-state index < -0.39 is 59.5 Å². The van der Waals surface area contributed by atoms with Gasteiger partial charge in [0.05, 0.1) is 17.7 Å². The molecule has 1 aliphatic heterocycles. The molecule has 0 spiro atoms. The van der Waals surface area contributed by atoms with E-state index in [1.165, 1.54) is 28.0 Å². The quantitative estimate of drug-likeness (QED) is 0.588. The van der Waals surface area contributed by atoms with Gasteiger partial charge < -0.3 is 15.1 Å². The number of halogens is 5. The molecule has 11 heteroatoms. The van der Waals surface area contributed by atoms with Crippen molar-refractivity contribution in [3.63, 3.8) is 0 Å². The van der Waals surface area contributed by atoms with Gasteiger partial charge in [0.25, 0.3) is 11.8 Å². The van der Waals surface area contributed by atoms with Gasteiger partial charge in [-0.2, -0.15) is 13.2 Å². The molecule has 4 rings (SSSR count). The molecule has 6 nitrogen and oxygen atoms in total. The second kappa shape index (κ2) is 10.8. The molecule has 0 saturated carbocycles. The fraction of sp³-hybridized carbons (Fsp3) is 0.296. The van der Waals surface area contributed by atoms with E-state index >= 15 is 4.39 Å². The fourth-order valence-electron chi connectivity index (χ4n) is 4.37. The molecule has 1 saturated heterocycles. The SMILES string of the molecule is O=C(CNC(=O)C1(F)C=CC(c2ccccc2)=C(F)C1)N1CCN(C(=O)c2ccccc2C(F)(F)F)CC1. The largest absolute Gasteiger partial charge is 0.417 e. The highest BCUT2D eigenvalue weighted by molar-refractivity contribution is 5.96. The predicted octanol–water partition coefficient (Wildman–Crippen LogP) is 4.16. The van der Waals surface area contributed by atoms with Crippen LogP contribution in [0.4, 0.5) is 22.0 Å². The van der Waals surface area contributed by atoms with Crippen LogP contribution in [0.2, 0.25) is 0 Å². The number of amides is 3. The van der Waals surface area contributed by atoms with Crippen molar-refractivity contribution in [1.29, 1.82) is 0 Å². The topological polar surface area (TPSA) is 69.7 Å². The Morgan fingerprint density at radius 3 is 2.13 bits per heavy atom. The first-order valence-electron chi connectivity index (χ1n) is 11.8. The molecular weight excluding hydrogens is 509 g/mol. The average Bonchev–Trinajstić information content (AvgIpc) is 2.91. The average molecular weight is 533 g/mol. The van der Waals surface area contributed by atoms with Crippen molar-refractivity contribution >= 4 is 23.3 Å². The zero-order valence-corrected chi connectivity index (χ0v) is 20.1. The molecule has 2 aromatic carbocycles. The molecular formula is C27H24F5N3O3. The van der Waals surface area contributed by atoms with E-state index in [1.807, 2.05) is 0 Å². The summed E-state index contributed by atoms with van der Waals surface area (Å²) in [7, 11) is 0. The standard InChI is InChI=1S/C27H24F5N3O3/c28-22-16-26(29,11-10-19(22)18-6-2-1-3-7-18)25(38)33-17-23(36)34-12-14-35(15-13-34)24(37)20-8-4-5-9-21(20)27(30,31)32/h1-11H,12-17H2,(H,33,38). The second-order valence-electron chi connectivity index (χ2n) is 8.96. The lowest BCUT2D eigenvalue weighted by Gasteiger charge is -2.35. The van der Waals surface area contributed by atoms with Gasteiger partial charge in [0.15, 0.2) is 0 Å². The number of carbonyl (C=O) groups excluding carboxylic acids is 3. The highest BCUT2D eigenvalue weighted by atomic mass is 19.4. The number of carbonyl (C=O) groups is 3. The molecule has 2 aliphatic rings. The van der Waals surface area contributed by atoms with Crippen LogP contribution in [0.1, 0.15) is 27.9 Å². The van der Waals surface area contributed by atoms with Gasteiger partial charge in [-0.25, -0.2) is 8.78 Å². The maximum atomic E-state index is 15.2. The van der Waals surface area contributed by atoms with Gasteiger partial charge in [-0.3, -0.25) is 14.4 Å². The van der Waals surface area contributed by atoms with Crippen molar-refractivity contribution in [1.82, 2.24) is 15.1 Å². The van der Waals surface area contributed by atoms with Crippen LogP contribution in [-0.4, -0.2) is 65.9 Å². The fourth-order valence-corrected chi connectivity index (χ4v) is 4.37. The molecule has 0 aromatic heterocycles. The Balaban J connectivity index is 1.30. The third-order valence-electron chi connectivity index (χ3n) is 6.46. The van der Waals surface area contributed by atoms with E-state index in [-0.39, 0.29) is 31.8 Å². The van der Waals surface area contributed by atoms with Crippen LogP contribution in [-0.2, 0) is 15.8 Å². The molecule has 1 atom stereocenters. The summed E-state index contributed by atoms with van der Waals surface area (Å²) in [5.74, 6) is -3.32. The van der Waals surface area contributed by atoms with Crippen LogP contribution < -0.4 is 5.32 Å². The smallest absolute Gasteiger partial charge is 0.344 e. The third-order valence-corrected chi connectivity index (χ3v) is 6.46. The maximum absolute atomic E-state index is 15.2. The summed E-state index contributed by atoms with van der Waals surface area (Å²) in [5.41, 5.74) is -3.46.